The van der Waals surface area contributed by atoms with Gasteiger partial charge in [-0.3, -0.25) is 4.79 Å². The van der Waals surface area contributed by atoms with Crippen LogP contribution in [-0.2, 0) is 0 Å². The molecule has 11 heteroatoms. The first-order valence-electron chi connectivity index (χ1n) is 9.47. The average Bonchev–Trinajstić information content (AvgIpc) is 3.24. The van der Waals surface area contributed by atoms with Crippen LogP contribution in [0.2, 0.25) is 0 Å². The molecule has 2 heterocycles. The van der Waals surface area contributed by atoms with E-state index in [1.807, 2.05) is 0 Å². The zero-order chi connectivity index (χ0) is 23.3. The Morgan fingerprint density at radius 2 is 1.48 bits per heavy atom. The molecule has 6 nitrogen and oxygen atoms in total. The number of nitrogens with zero attached hydrogens (tertiary/aromatic N) is 1. The van der Waals surface area contributed by atoms with Crippen LogP contribution in [0.15, 0.2) is 40.8 Å². The van der Waals surface area contributed by atoms with Crippen LogP contribution in [0.1, 0.15) is 10.4 Å². The van der Waals surface area contributed by atoms with E-state index in [9.17, 15) is 26.7 Å². The number of ether oxygens (including phenoxy) is 2. The third-order valence-electron chi connectivity index (χ3n) is 4.87. The molecule has 1 aliphatic heterocycles. The molecule has 168 valence electrons. The van der Waals surface area contributed by atoms with Gasteiger partial charge in [0.05, 0.1) is 0 Å². The summed E-state index contributed by atoms with van der Waals surface area (Å²) in [6, 6.07) is 8.73. The fraction of sp³-hybridized carbons (Fsp3) is 0.0909. The summed E-state index contributed by atoms with van der Waals surface area (Å²) in [5, 5.41) is 2.62. The molecule has 1 aliphatic rings. The molecule has 0 atom stereocenters. The first-order valence-corrected chi connectivity index (χ1v) is 9.47. The molecule has 0 radical (unpaired) electrons. The first-order chi connectivity index (χ1) is 15.8. The minimum atomic E-state index is -2.28. The number of hydrogen-bond acceptors (Lipinski definition) is 5. The summed E-state index contributed by atoms with van der Waals surface area (Å²) in [5.74, 6) is -11.0. The molecule has 33 heavy (non-hydrogen) atoms. The van der Waals surface area contributed by atoms with Gasteiger partial charge >= 0.3 is 0 Å². The number of fused-ring (bicyclic) bond motifs is 2. The lowest BCUT2D eigenvalue weighted by molar-refractivity contribution is 0.102. The van der Waals surface area contributed by atoms with Crippen LogP contribution in [0.5, 0.6) is 11.5 Å². The van der Waals surface area contributed by atoms with Crippen molar-refractivity contribution in [3.8, 4) is 23.0 Å². The van der Waals surface area contributed by atoms with Crippen molar-refractivity contribution in [2.24, 2.45) is 0 Å². The van der Waals surface area contributed by atoms with Crippen molar-refractivity contribution in [2.75, 3.05) is 18.5 Å². The van der Waals surface area contributed by atoms with E-state index >= 15 is 0 Å². The van der Waals surface area contributed by atoms with E-state index in [-0.39, 0.29) is 22.4 Å². The monoisotopic (exact) mass is 462 g/mol. The van der Waals surface area contributed by atoms with Gasteiger partial charge in [0, 0.05) is 11.3 Å². The first kappa shape index (κ1) is 20.7. The van der Waals surface area contributed by atoms with E-state index in [1.54, 1.807) is 12.1 Å². The van der Waals surface area contributed by atoms with Gasteiger partial charge in [-0.2, -0.15) is 0 Å². The predicted octanol–water partition coefficient (Wildman–Crippen LogP) is 5.21. The van der Waals surface area contributed by atoms with Crippen molar-refractivity contribution in [1.82, 2.24) is 4.98 Å². The molecular weight excluding hydrogens is 451 g/mol. The Kier molecular flexibility index (Phi) is 4.88. The minimum Gasteiger partial charge on any atom is -0.486 e. The standard InChI is InChI=1S/C22H11F5N2O4/c23-16-15(17(24)19(26)20(27)18(16)25)22-29-11-8-10(2-4-12(11)33-22)28-21(30)9-1-3-13-14(7-9)32-6-5-31-13/h1-4,7-8H,5-6H2,(H,28,30). The molecule has 3 aromatic carbocycles. The Balaban J connectivity index is 1.46. The van der Waals surface area contributed by atoms with Crippen molar-refractivity contribution < 1.29 is 40.6 Å². The number of hydrogen-bond donors (Lipinski definition) is 1. The zero-order valence-electron chi connectivity index (χ0n) is 16.3. The molecule has 0 saturated carbocycles. The van der Waals surface area contributed by atoms with Crippen LogP contribution >= 0.6 is 0 Å². The van der Waals surface area contributed by atoms with Crippen LogP contribution in [0.4, 0.5) is 27.6 Å². The van der Waals surface area contributed by atoms with E-state index in [2.05, 4.69) is 10.3 Å². The van der Waals surface area contributed by atoms with Crippen LogP contribution in [-0.4, -0.2) is 24.1 Å². The van der Waals surface area contributed by atoms with Crippen molar-refractivity contribution in [3.63, 3.8) is 0 Å². The number of aromatic nitrogens is 1. The van der Waals surface area contributed by atoms with Crippen LogP contribution in [0.3, 0.4) is 0 Å². The maximum absolute atomic E-state index is 14.1. The number of amides is 1. The fourth-order valence-corrected chi connectivity index (χ4v) is 3.29. The molecular formula is C22H11F5N2O4. The van der Waals surface area contributed by atoms with Gasteiger partial charge in [0.2, 0.25) is 11.7 Å². The number of anilines is 1. The third kappa shape index (κ3) is 3.51. The quantitative estimate of drug-likeness (QED) is 0.257. The molecule has 1 amide bonds. The predicted molar refractivity (Wildman–Crippen MR) is 105 cm³/mol. The summed E-state index contributed by atoms with van der Waals surface area (Å²) in [4.78, 5) is 16.4. The number of carbonyl (C=O) groups is 1. The highest BCUT2D eigenvalue weighted by atomic mass is 19.2. The number of benzene rings is 3. The maximum atomic E-state index is 14.1. The topological polar surface area (TPSA) is 73.6 Å². The zero-order valence-corrected chi connectivity index (χ0v) is 16.3. The highest BCUT2D eigenvalue weighted by Crippen LogP contribution is 2.34. The largest absolute Gasteiger partial charge is 0.486 e. The Labute approximate surface area is 181 Å². The van der Waals surface area contributed by atoms with Crippen molar-refractivity contribution >= 4 is 22.7 Å². The lowest BCUT2D eigenvalue weighted by atomic mass is 10.1. The fourth-order valence-electron chi connectivity index (χ4n) is 3.29. The van der Waals surface area contributed by atoms with Gasteiger partial charge in [-0.25, -0.2) is 26.9 Å². The summed E-state index contributed by atoms with van der Waals surface area (Å²) < 4.78 is 84.5. The Morgan fingerprint density at radius 3 is 2.21 bits per heavy atom. The van der Waals surface area contributed by atoms with E-state index in [0.717, 1.165) is 0 Å². The Hall–Kier alpha value is -4.15. The molecule has 0 spiro atoms. The van der Waals surface area contributed by atoms with Gasteiger partial charge in [-0.05, 0) is 36.4 Å². The summed E-state index contributed by atoms with van der Waals surface area (Å²) >= 11 is 0. The highest BCUT2D eigenvalue weighted by molar-refractivity contribution is 6.05. The Morgan fingerprint density at radius 1 is 0.818 bits per heavy atom. The molecule has 5 rings (SSSR count). The molecule has 1 aromatic heterocycles. The lowest BCUT2D eigenvalue weighted by Crippen LogP contribution is -2.17. The second-order valence-corrected chi connectivity index (χ2v) is 6.96. The summed E-state index contributed by atoms with van der Waals surface area (Å²) in [5.41, 5.74) is -0.731. The van der Waals surface area contributed by atoms with Gasteiger partial charge in [-0.15, -0.1) is 0 Å². The van der Waals surface area contributed by atoms with E-state index in [4.69, 9.17) is 13.9 Å². The average molecular weight is 462 g/mol. The molecule has 4 aromatic rings. The molecule has 0 unspecified atom stereocenters. The second kappa shape index (κ2) is 7.76. The number of nitrogens with one attached hydrogen (secondary N) is 1. The van der Waals surface area contributed by atoms with Gasteiger partial charge in [0.15, 0.2) is 40.4 Å². The number of halogens is 5. The van der Waals surface area contributed by atoms with Gasteiger partial charge in [0.1, 0.15) is 24.3 Å². The molecule has 1 N–H and O–H groups in total. The van der Waals surface area contributed by atoms with Crippen LogP contribution < -0.4 is 14.8 Å². The third-order valence-corrected chi connectivity index (χ3v) is 4.87. The van der Waals surface area contributed by atoms with Crippen LogP contribution in [0, 0.1) is 29.1 Å². The number of rotatable bonds is 3. The highest BCUT2D eigenvalue weighted by Gasteiger charge is 2.29. The molecule has 0 fully saturated rings. The smallest absolute Gasteiger partial charge is 0.255 e. The van der Waals surface area contributed by atoms with Crippen molar-refractivity contribution in [2.45, 2.75) is 0 Å². The molecule has 0 bridgehead atoms. The number of oxazole rings is 1. The lowest BCUT2D eigenvalue weighted by Gasteiger charge is -2.18. The van der Waals surface area contributed by atoms with Crippen molar-refractivity contribution in [1.29, 1.82) is 0 Å². The van der Waals surface area contributed by atoms with Crippen molar-refractivity contribution in [3.05, 3.63) is 71.0 Å². The summed E-state index contributed by atoms with van der Waals surface area (Å²) in [6.45, 7) is 0.759. The van der Waals surface area contributed by atoms with Gasteiger partial charge < -0.3 is 19.2 Å². The van der Waals surface area contributed by atoms with Crippen LogP contribution in [0.25, 0.3) is 22.6 Å². The molecule has 0 aliphatic carbocycles. The SMILES string of the molecule is O=C(Nc1ccc2oc(-c3c(F)c(F)c(F)c(F)c3F)nc2c1)c1ccc2c(c1)OCCO2. The Bertz CT molecular complexity index is 1410. The van der Waals surface area contributed by atoms with Gasteiger partial charge in [0.25, 0.3) is 5.91 Å². The van der Waals surface area contributed by atoms with E-state index in [1.165, 1.54) is 24.3 Å². The summed E-state index contributed by atoms with van der Waals surface area (Å²) in [7, 11) is 0. The van der Waals surface area contributed by atoms with E-state index in [0.29, 0.717) is 24.7 Å². The maximum Gasteiger partial charge on any atom is 0.255 e. The second-order valence-electron chi connectivity index (χ2n) is 6.96. The van der Waals surface area contributed by atoms with Gasteiger partial charge in [-0.1, -0.05) is 0 Å². The number of carbonyl (C=O) groups excluding carboxylic acids is 1. The summed E-state index contributed by atoms with van der Waals surface area (Å²) in [6.07, 6.45) is 0. The normalized spacial score (nSPS) is 12.8. The van der Waals surface area contributed by atoms with E-state index < -0.39 is 46.4 Å². The molecule has 0 saturated heterocycles. The minimum absolute atomic E-state index is 0.00581.